The molecule has 0 heterocycles. The fourth-order valence-corrected chi connectivity index (χ4v) is 2.11. The smallest absolute Gasteiger partial charge is 0.170 e. The minimum atomic E-state index is -0.541. The Morgan fingerprint density at radius 1 is 1.11 bits per heavy atom. The molecule has 0 N–H and O–H groups in total. The van der Waals surface area contributed by atoms with Gasteiger partial charge in [-0.15, -0.1) is 0 Å². The van der Waals surface area contributed by atoms with E-state index in [1.165, 1.54) is 36.4 Å². The van der Waals surface area contributed by atoms with Gasteiger partial charge in [-0.25, -0.2) is 8.78 Å². The molecular formula is C14H9BrF2O. The molecule has 2 rings (SSSR count). The van der Waals surface area contributed by atoms with E-state index in [1.807, 2.05) is 0 Å². The van der Waals surface area contributed by atoms with Crippen molar-refractivity contribution in [2.24, 2.45) is 0 Å². The van der Waals surface area contributed by atoms with E-state index >= 15 is 0 Å². The van der Waals surface area contributed by atoms with Crippen LogP contribution in [0.1, 0.15) is 15.9 Å². The predicted molar refractivity (Wildman–Crippen MR) is 68.5 cm³/mol. The van der Waals surface area contributed by atoms with Gasteiger partial charge in [-0.2, -0.15) is 0 Å². The number of ketones is 1. The van der Waals surface area contributed by atoms with Crippen LogP contribution in [0.5, 0.6) is 0 Å². The van der Waals surface area contributed by atoms with Crippen LogP contribution >= 0.6 is 15.9 Å². The van der Waals surface area contributed by atoms with Crippen molar-refractivity contribution in [2.45, 2.75) is 6.42 Å². The van der Waals surface area contributed by atoms with E-state index in [-0.39, 0.29) is 23.6 Å². The van der Waals surface area contributed by atoms with Crippen LogP contribution in [0.4, 0.5) is 8.78 Å². The molecule has 0 spiro atoms. The van der Waals surface area contributed by atoms with Gasteiger partial charge >= 0.3 is 0 Å². The van der Waals surface area contributed by atoms with Gasteiger partial charge in [0.05, 0.1) is 5.56 Å². The van der Waals surface area contributed by atoms with Crippen LogP contribution < -0.4 is 0 Å². The number of hydrogen-bond acceptors (Lipinski definition) is 1. The summed E-state index contributed by atoms with van der Waals surface area (Å²) in [6.45, 7) is 0. The quantitative estimate of drug-likeness (QED) is 0.778. The second-order valence-electron chi connectivity index (χ2n) is 3.82. The Bertz CT molecular complexity index is 596. The largest absolute Gasteiger partial charge is 0.294 e. The average Bonchev–Trinajstić information content (AvgIpc) is 2.33. The molecule has 0 aliphatic rings. The first kappa shape index (κ1) is 12.9. The molecule has 92 valence electrons. The Balaban J connectivity index is 2.24. The van der Waals surface area contributed by atoms with Gasteiger partial charge in [0, 0.05) is 10.9 Å². The number of Topliss-reactive ketones (excluding diaryl/α,β-unsaturated/α-hetero) is 1. The average molecular weight is 311 g/mol. The van der Waals surface area contributed by atoms with Gasteiger partial charge in [-0.3, -0.25) is 4.79 Å². The Kier molecular flexibility index (Phi) is 3.87. The summed E-state index contributed by atoms with van der Waals surface area (Å²) in [5, 5.41) is 0. The lowest BCUT2D eigenvalue weighted by Gasteiger charge is -2.05. The highest BCUT2D eigenvalue weighted by Gasteiger charge is 2.13. The zero-order valence-electron chi connectivity index (χ0n) is 9.29. The van der Waals surface area contributed by atoms with E-state index in [0.29, 0.717) is 10.0 Å². The molecule has 0 bridgehead atoms. The van der Waals surface area contributed by atoms with Crippen LogP contribution in [0, 0.1) is 11.6 Å². The molecule has 18 heavy (non-hydrogen) atoms. The van der Waals surface area contributed by atoms with Gasteiger partial charge in [-0.1, -0.05) is 34.1 Å². The van der Waals surface area contributed by atoms with Gasteiger partial charge in [-0.05, 0) is 29.8 Å². The molecule has 0 saturated carbocycles. The lowest BCUT2D eigenvalue weighted by Crippen LogP contribution is -2.06. The highest BCUT2D eigenvalue weighted by atomic mass is 79.9. The third kappa shape index (κ3) is 2.82. The number of carbonyl (C=O) groups excluding carboxylic acids is 1. The second kappa shape index (κ2) is 5.40. The Labute approximate surface area is 112 Å². The first-order valence-corrected chi connectivity index (χ1v) is 6.09. The molecule has 0 aliphatic heterocycles. The van der Waals surface area contributed by atoms with Crippen molar-refractivity contribution in [2.75, 3.05) is 0 Å². The van der Waals surface area contributed by atoms with E-state index < -0.39 is 5.82 Å². The van der Waals surface area contributed by atoms with Crippen LogP contribution in [0.15, 0.2) is 46.9 Å². The summed E-state index contributed by atoms with van der Waals surface area (Å²) in [4.78, 5) is 11.9. The summed E-state index contributed by atoms with van der Waals surface area (Å²) in [6, 6.07) is 9.88. The summed E-state index contributed by atoms with van der Waals surface area (Å²) >= 11 is 3.18. The first-order valence-electron chi connectivity index (χ1n) is 5.29. The van der Waals surface area contributed by atoms with Crippen molar-refractivity contribution in [1.82, 2.24) is 0 Å². The van der Waals surface area contributed by atoms with Crippen LogP contribution in [0.2, 0.25) is 0 Å². The third-order valence-electron chi connectivity index (χ3n) is 2.54. The number of benzene rings is 2. The maximum atomic E-state index is 13.4. The molecular weight excluding hydrogens is 302 g/mol. The summed E-state index contributed by atoms with van der Waals surface area (Å²) in [7, 11) is 0. The number of carbonyl (C=O) groups is 1. The van der Waals surface area contributed by atoms with E-state index in [2.05, 4.69) is 15.9 Å². The fraction of sp³-hybridized carbons (Fsp3) is 0.0714. The monoisotopic (exact) mass is 310 g/mol. The Morgan fingerprint density at radius 2 is 1.83 bits per heavy atom. The predicted octanol–water partition coefficient (Wildman–Crippen LogP) is 4.15. The highest BCUT2D eigenvalue weighted by molar-refractivity contribution is 9.10. The van der Waals surface area contributed by atoms with Gasteiger partial charge in [0.25, 0.3) is 0 Å². The van der Waals surface area contributed by atoms with Gasteiger partial charge in [0.15, 0.2) is 5.78 Å². The zero-order chi connectivity index (χ0) is 13.1. The van der Waals surface area contributed by atoms with Crippen LogP contribution in [-0.4, -0.2) is 5.78 Å². The molecule has 4 heteroatoms. The topological polar surface area (TPSA) is 17.1 Å². The van der Waals surface area contributed by atoms with Crippen molar-refractivity contribution in [1.29, 1.82) is 0 Å². The Hall–Kier alpha value is -1.55. The maximum Gasteiger partial charge on any atom is 0.170 e. The van der Waals surface area contributed by atoms with E-state index in [9.17, 15) is 13.6 Å². The van der Waals surface area contributed by atoms with Crippen molar-refractivity contribution in [3.05, 3.63) is 69.7 Å². The summed E-state index contributed by atoms with van der Waals surface area (Å²) in [6.07, 6.45) is 0.0296. The third-order valence-corrected chi connectivity index (χ3v) is 3.28. The number of halogens is 3. The van der Waals surface area contributed by atoms with Crippen LogP contribution in [0.25, 0.3) is 0 Å². The summed E-state index contributed by atoms with van der Waals surface area (Å²) < 4.78 is 26.8. The maximum absolute atomic E-state index is 13.4. The van der Waals surface area contributed by atoms with Crippen molar-refractivity contribution in [3.8, 4) is 0 Å². The molecule has 2 aromatic carbocycles. The van der Waals surface area contributed by atoms with Crippen LogP contribution in [-0.2, 0) is 6.42 Å². The van der Waals surface area contributed by atoms with Crippen molar-refractivity contribution in [3.63, 3.8) is 0 Å². The normalized spacial score (nSPS) is 10.4. The van der Waals surface area contributed by atoms with Crippen LogP contribution in [0.3, 0.4) is 0 Å². The molecule has 0 saturated heterocycles. The number of hydrogen-bond donors (Lipinski definition) is 0. The van der Waals surface area contributed by atoms with Gasteiger partial charge in [0.1, 0.15) is 11.6 Å². The van der Waals surface area contributed by atoms with E-state index in [1.54, 1.807) is 6.07 Å². The second-order valence-corrected chi connectivity index (χ2v) is 4.67. The summed E-state index contributed by atoms with van der Waals surface area (Å²) in [5.74, 6) is -1.26. The van der Waals surface area contributed by atoms with Gasteiger partial charge < -0.3 is 0 Å². The highest BCUT2D eigenvalue weighted by Crippen LogP contribution is 2.20. The Morgan fingerprint density at radius 3 is 2.50 bits per heavy atom. The molecule has 0 aromatic heterocycles. The molecule has 2 aromatic rings. The molecule has 0 radical (unpaired) electrons. The molecule has 0 fully saturated rings. The lowest BCUT2D eigenvalue weighted by atomic mass is 10.0. The molecule has 0 atom stereocenters. The fourth-order valence-electron chi connectivity index (χ4n) is 1.62. The van der Waals surface area contributed by atoms with E-state index in [0.717, 1.165) is 0 Å². The minimum Gasteiger partial charge on any atom is -0.294 e. The molecule has 0 amide bonds. The molecule has 0 unspecified atom stereocenters. The number of rotatable bonds is 3. The SMILES string of the molecule is O=C(Cc1ccc(F)cc1Br)c1ccccc1F. The summed E-state index contributed by atoms with van der Waals surface area (Å²) in [5.41, 5.74) is 0.679. The van der Waals surface area contributed by atoms with E-state index in [4.69, 9.17) is 0 Å². The molecule has 1 nitrogen and oxygen atoms in total. The molecule has 0 aliphatic carbocycles. The standard InChI is InChI=1S/C14H9BrF2O/c15-12-8-10(16)6-5-9(12)7-14(18)11-3-1-2-4-13(11)17/h1-6,8H,7H2. The van der Waals surface area contributed by atoms with Crippen molar-refractivity contribution < 1.29 is 13.6 Å². The minimum absolute atomic E-state index is 0.0296. The van der Waals surface area contributed by atoms with Gasteiger partial charge in [0.2, 0.25) is 0 Å². The lowest BCUT2D eigenvalue weighted by molar-refractivity contribution is 0.0989. The zero-order valence-corrected chi connectivity index (χ0v) is 10.9. The first-order chi connectivity index (χ1) is 8.58. The van der Waals surface area contributed by atoms with Crippen molar-refractivity contribution >= 4 is 21.7 Å².